The van der Waals surface area contributed by atoms with Crippen LogP contribution in [0.4, 0.5) is 11.4 Å². The number of anilines is 2. The fourth-order valence-corrected chi connectivity index (χ4v) is 3.53. The van der Waals surface area contributed by atoms with Crippen molar-refractivity contribution in [3.63, 3.8) is 0 Å². The van der Waals surface area contributed by atoms with Crippen LogP contribution in [-0.4, -0.2) is 52.3 Å². The lowest BCUT2D eigenvalue weighted by atomic mass is 10.2. The Labute approximate surface area is 147 Å². The average molecular weight is 369 g/mol. The van der Waals surface area contributed by atoms with Gasteiger partial charge in [0.1, 0.15) is 6.10 Å². The molecule has 9 heteroatoms. The Hall–Kier alpha value is -2.13. The molecule has 138 valence electrons. The Bertz CT molecular complexity index is 729. The molecule has 0 aliphatic carbocycles. The van der Waals surface area contributed by atoms with Crippen molar-refractivity contribution < 1.29 is 22.7 Å². The van der Waals surface area contributed by atoms with Crippen LogP contribution in [0.1, 0.15) is 19.8 Å². The summed E-state index contributed by atoms with van der Waals surface area (Å²) in [5.74, 6) is -0.468. The van der Waals surface area contributed by atoms with Gasteiger partial charge in [0.2, 0.25) is 21.8 Å². The second-order valence-electron chi connectivity index (χ2n) is 5.86. The standard InChI is InChI=1S/C16H23N3O5S/c1-12(20)18-13-5-3-6-14(11-13)19(25(2,22)23)9-8-17-16(21)15-7-4-10-24-15/h3,5-6,11,15H,4,7-10H2,1-2H3,(H,17,21)(H,18,20). The number of nitrogens with one attached hydrogen (secondary N) is 2. The van der Waals surface area contributed by atoms with Gasteiger partial charge in [-0.3, -0.25) is 13.9 Å². The largest absolute Gasteiger partial charge is 0.368 e. The summed E-state index contributed by atoms with van der Waals surface area (Å²) in [6, 6.07) is 6.53. The zero-order valence-corrected chi connectivity index (χ0v) is 15.1. The Morgan fingerprint density at radius 2 is 2.12 bits per heavy atom. The van der Waals surface area contributed by atoms with Gasteiger partial charge in [-0.1, -0.05) is 6.07 Å². The van der Waals surface area contributed by atoms with Crippen molar-refractivity contribution in [3.8, 4) is 0 Å². The first-order valence-electron chi connectivity index (χ1n) is 8.02. The number of amides is 2. The van der Waals surface area contributed by atoms with Crippen molar-refractivity contribution in [1.82, 2.24) is 5.32 Å². The van der Waals surface area contributed by atoms with Crippen molar-refractivity contribution in [2.45, 2.75) is 25.9 Å². The highest BCUT2D eigenvalue weighted by atomic mass is 32.2. The molecule has 1 aromatic carbocycles. The van der Waals surface area contributed by atoms with Crippen LogP contribution in [-0.2, 0) is 24.3 Å². The molecule has 0 bridgehead atoms. The lowest BCUT2D eigenvalue weighted by Crippen LogP contribution is -2.41. The van der Waals surface area contributed by atoms with E-state index in [0.717, 1.165) is 12.7 Å². The summed E-state index contributed by atoms with van der Waals surface area (Å²) < 4.78 is 30.7. The molecule has 8 nitrogen and oxygen atoms in total. The summed E-state index contributed by atoms with van der Waals surface area (Å²) in [5, 5.41) is 5.32. The van der Waals surface area contributed by atoms with Crippen LogP contribution in [0.5, 0.6) is 0 Å². The van der Waals surface area contributed by atoms with E-state index >= 15 is 0 Å². The summed E-state index contributed by atoms with van der Waals surface area (Å²) in [4.78, 5) is 23.1. The number of hydrogen-bond donors (Lipinski definition) is 2. The van der Waals surface area contributed by atoms with Crippen LogP contribution in [0.15, 0.2) is 24.3 Å². The molecule has 1 aliphatic heterocycles. The highest BCUT2D eigenvalue weighted by Gasteiger charge is 2.24. The van der Waals surface area contributed by atoms with E-state index in [2.05, 4.69) is 10.6 Å². The van der Waals surface area contributed by atoms with E-state index in [-0.39, 0.29) is 24.9 Å². The van der Waals surface area contributed by atoms with Crippen molar-refractivity contribution in [2.75, 3.05) is 35.6 Å². The second-order valence-corrected chi connectivity index (χ2v) is 7.77. The quantitative estimate of drug-likeness (QED) is 0.736. The normalized spacial score (nSPS) is 17.1. The number of carbonyl (C=O) groups excluding carboxylic acids is 2. The zero-order chi connectivity index (χ0) is 18.4. The van der Waals surface area contributed by atoms with Gasteiger partial charge in [0.15, 0.2) is 0 Å². The van der Waals surface area contributed by atoms with Crippen LogP contribution in [0, 0.1) is 0 Å². The number of carbonyl (C=O) groups is 2. The fourth-order valence-electron chi connectivity index (χ4n) is 2.61. The van der Waals surface area contributed by atoms with Crippen molar-refractivity contribution in [3.05, 3.63) is 24.3 Å². The predicted molar refractivity (Wildman–Crippen MR) is 94.9 cm³/mol. The van der Waals surface area contributed by atoms with E-state index in [0.29, 0.717) is 24.4 Å². The number of hydrogen-bond acceptors (Lipinski definition) is 5. The first kappa shape index (κ1) is 19.2. The van der Waals surface area contributed by atoms with Gasteiger partial charge in [-0.05, 0) is 31.0 Å². The van der Waals surface area contributed by atoms with Crippen LogP contribution in [0.2, 0.25) is 0 Å². The maximum Gasteiger partial charge on any atom is 0.249 e. The first-order valence-corrected chi connectivity index (χ1v) is 9.87. The van der Waals surface area contributed by atoms with Crippen molar-refractivity contribution >= 4 is 33.2 Å². The molecule has 2 amide bonds. The minimum atomic E-state index is -3.54. The molecule has 1 aliphatic rings. The van der Waals surface area contributed by atoms with Crippen LogP contribution in [0.25, 0.3) is 0 Å². The summed E-state index contributed by atoms with van der Waals surface area (Å²) >= 11 is 0. The Morgan fingerprint density at radius 1 is 1.36 bits per heavy atom. The van der Waals surface area contributed by atoms with E-state index < -0.39 is 16.1 Å². The Morgan fingerprint density at radius 3 is 2.72 bits per heavy atom. The van der Waals surface area contributed by atoms with E-state index in [1.807, 2.05) is 0 Å². The topological polar surface area (TPSA) is 105 Å². The summed E-state index contributed by atoms with van der Waals surface area (Å²) in [7, 11) is -3.54. The first-order chi connectivity index (χ1) is 11.8. The number of sulfonamides is 1. The maximum absolute atomic E-state index is 12.1. The zero-order valence-electron chi connectivity index (χ0n) is 14.3. The van der Waals surface area contributed by atoms with E-state index in [4.69, 9.17) is 4.74 Å². The third-order valence-electron chi connectivity index (χ3n) is 3.69. The summed E-state index contributed by atoms with van der Waals surface area (Å²) in [5.41, 5.74) is 0.919. The minimum absolute atomic E-state index is 0.0841. The molecule has 1 heterocycles. The van der Waals surface area contributed by atoms with Crippen LogP contribution >= 0.6 is 0 Å². The van der Waals surface area contributed by atoms with Gasteiger partial charge in [-0.25, -0.2) is 8.42 Å². The number of nitrogens with zero attached hydrogens (tertiary/aromatic N) is 1. The number of ether oxygens (including phenoxy) is 1. The summed E-state index contributed by atoms with van der Waals surface area (Å²) in [6.07, 6.45) is 2.18. The highest BCUT2D eigenvalue weighted by Crippen LogP contribution is 2.21. The molecule has 0 spiro atoms. The fraction of sp³-hybridized carbons (Fsp3) is 0.500. The van der Waals surface area contributed by atoms with Gasteiger partial charge in [0.25, 0.3) is 0 Å². The molecule has 1 saturated heterocycles. The van der Waals surface area contributed by atoms with E-state index in [1.54, 1.807) is 24.3 Å². The predicted octanol–water partition coefficient (Wildman–Crippen LogP) is 0.706. The maximum atomic E-state index is 12.1. The monoisotopic (exact) mass is 369 g/mol. The van der Waals surface area contributed by atoms with Gasteiger partial charge in [-0.2, -0.15) is 0 Å². The highest BCUT2D eigenvalue weighted by molar-refractivity contribution is 7.92. The van der Waals surface area contributed by atoms with Crippen LogP contribution < -0.4 is 14.9 Å². The van der Waals surface area contributed by atoms with Crippen LogP contribution in [0.3, 0.4) is 0 Å². The van der Waals surface area contributed by atoms with E-state index in [1.165, 1.54) is 11.2 Å². The Balaban J connectivity index is 2.04. The minimum Gasteiger partial charge on any atom is -0.368 e. The molecule has 1 atom stereocenters. The van der Waals surface area contributed by atoms with E-state index in [9.17, 15) is 18.0 Å². The molecule has 2 rings (SSSR count). The molecule has 0 aromatic heterocycles. The van der Waals surface area contributed by atoms with Crippen molar-refractivity contribution in [1.29, 1.82) is 0 Å². The van der Waals surface area contributed by atoms with Crippen molar-refractivity contribution in [2.24, 2.45) is 0 Å². The molecule has 0 radical (unpaired) electrons. The third kappa shape index (κ3) is 5.71. The van der Waals surface area contributed by atoms with Gasteiger partial charge in [0, 0.05) is 25.8 Å². The molecule has 1 fully saturated rings. The number of rotatable bonds is 7. The molecular weight excluding hydrogens is 346 g/mol. The van der Waals surface area contributed by atoms with Gasteiger partial charge in [0.05, 0.1) is 18.5 Å². The molecule has 2 N–H and O–H groups in total. The SMILES string of the molecule is CC(=O)Nc1cccc(N(CCNC(=O)C2CCCO2)S(C)(=O)=O)c1. The lowest BCUT2D eigenvalue weighted by Gasteiger charge is -2.23. The molecule has 1 unspecified atom stereocenters. The second kappa shape index (κ2) is 8.30. The molecule has 25 heavy (non-hydrogen) atoms. The molecule has 0 saturated carbocycles. The van der Waals surface area contributed by atoms with Gasteiger partial charge >= 0.3 is 0 Å². The average Bonchev–Trinajstić information content (AvgIpc) is 3.04. The number of benzene rings is 1. The Kier molecular flexibility index (Phi) is 6.38. The summed E-state index contributed by atoms with van der Waals surface area (Å²) in [6.45, 7) is 2.20. The van der Waals surface area contributed by atoms with Gasteiger partial charge in [-0.15, -0.1) is 0 Å². The lowest BCUT2D eigenvalue weighted by molar-refractivity contribution is -0.129. The molecular formula is C16H23N3O5S. The molecule has 1 aromatic rings. The smallest absolute Gasteiger partial charge is 0.249 e. The van der Waals surface area contributed by atoms with Gasteiger partial charge < -0.3 is 15.4 Å². The third-order valence-corrected chi connectivity index (χ3v) is 4.89.